The molecule has 2 fully saturated rings. The summed E-state index contributed by atoms with van der Waals surface area (Å²) in [5, 5.41) is 11.8. The number of amides is 2. The molecule has 2 N–H and O–H groups in total. The summed E-state index contributed by atoms with van der Waals surface area (Å²) in [6, 6.07) is 8.83. The molecular formula is C40H44F3N7O9S. The molecule has 0 bridgehead atoms. The van der Waals surface area contributed by atoms with E-state index in [0.29, 0.717) is 37.8 Å². The van der Waals surface area contributed by atoms with Gasteiger partial charge in [-0.2, -0.15) is 10.4 Å². The fourth-order valence-electron chi connectivity index (χ4n) is 6.44. The average Bonchev–Trinajstić information content (AvgIpc) is 3.72. The minimum absolute atomic E-state index is 0.0884. The molecule has 320 valence electrons. The maximum Gasteiger partial charge on any atom is 0.512 e. The lowest BCUT2D eigenvalue weighted by Gasteiger charge is -2.40. The number of carbonyl (C=O) groups excluding carboxylic acids is 4. The van der Waals surface area contributed by atoms with Crippen LogP contribution in [0, 0.1) is 28.8 Å². The van der Waals surface area contributed by atoms with Crippen molar-refractivity contribution >= 4 is 41.8 Å². The van der Waals surface area contributed by atoms with E-state index in [9.17, 15) is 28.0 Å². The molecule has 20 heteroatoms. The normalized spacial score (nSPS) is 19.3. The third-order valence-electron chi connectivity index (χ3n) is 9.45. The highest BCUT2D eigenvalue weighted by molar-refractivity contribution is 8.00. The van der Waals surface area contributed by atoms with Crippen molar-refractivity contribution in [2.45, 2.75) is 61.9 Å². The van der Waals surface area contributed by atoms with Crippen LogP contribution in [0.1, 0.15) is 43.4 Å². The SMILES string of the molecule is CC(OC(=O)CCC(=O)N1CCN(CC(N)=O)CC1)OC(=O)O[C@@](Cn1cncn1)(c1ccc(F)cc1F)[C@@H](C)SC1COC(/C=C/C=C/c2ccc(C#N)cc2F)OC1. The summed E-state index contributed by atoms with van der Waals surface area (Å²) in [4.78, 5) is 57.4. The highest BCUT2D eigenvalue weighted by Gasteiger charge is 2.47. The number of nitriles is 1. The molecule has 2 aliphatic rings. The van der Waals surface area contributed by atoms with Crippen molar-refractivity contribution in [1.29, 1.82) is 5.26 Å². The third kappa shape index (κ3) is 12.9. The Labute approximate surface area is 348 Å². The summed E-state index contributed by atoms with van der Waals surface area (Å²) in [7, 11) is 0. The lowest BCUT2D eigenvalue weighted by Crippen LogP contribution is -2.50. The number of thioether (sulfide) groups is 1. The van der Waals surface area contributed by atoms with Gasteiger partial charge in [-0.05, 0) is 37.3 Å². The number of rotatable bonds is 17. The van der Waals surface area contributed by atoms with Gasteiger partial charge in [0.2, 0.25) is 18.1 Å². The maximum absolute atomic E-state index is 15.8. The van der Waals surface area contributed by atoms with Crippen molar-refractivity contribution in [1.82, 2.24) is 24.6 Å². The number of hydrogen-bond acceptors (Lipinski definition) is 14. The van der Waals surface area contributed by atoms with Crippen molar-refractivity contribution in [3.05, 3.63) is 101 Å². The first kappa shape index (κ1) is 45.3. The standard InChI is InChI=1S/C40H44F3N7O9S/c1-26(60-31-21-55-38(56-22-31)6-4-3-5-29-8-7-28(19-44)17-33(29)42)40(23-50-25-46-24-47-50,32-10-9-30(41)18-34(32)43)59-39(54)58-27(2)57-37(53)12-11-36(52)49-15-13-48(14-16-49)20-35(45)51/h3-10,17-18,24-27,31,38H,11-16,20-23H2,1-2H3,(H2,45,51)/b5-3+,6-4+/t26-,27?,31?,38?,40-/m1/s1. The minimum Gasteiger partial charge on any atom is -0.425 e. The number of ether oxygens (including phenoxy) is 5. The second-order valence-electron chi connectivity index (χ2n) is 13.8. The molecule has 3 aromatic rings. The number of primary amides is 1. The van der Waals surface area contributed by atoms with Gasteiger partial charge in [-0.15, -0.1) is 11.8 Å². The Bertz CT molecular complexity index is 2070. The molecule has 3 heterocycles. The molecule has 3 atom stereocenters. The number of halogens is 3. The van der Waals surface area contributed by atoms with Crippen LogP contribution in [0.5, 0.6) is 0 Å². The summed E-state index contributed by atoms with van der Waals surface area (Å²) in [6.07, 6.45) is 4.82. The van der Waals surface area contributed by atoms with E-state index in [-0.39, 0.29) is 61.4 Å². The predicted molar refractivity (Wildman–Crippen MR) is 208 cm³/mol. The van der Waals surface area contributed by atoms with Gasteiger partial charge < -0.3 is 34.3 Å². The van der Waals surface area contributed by atoms with Crippen LogP contribution in [0.15, 0.2) is 67.3 Å². The molecule has 1 aromatic heterocycles. The summed E-state index contributed by atoms with van der Waals surface area (Å²) in [5.74, 6) is -4.03. The molecule has 0 spiro atoms. The molecule has 2 amide bonds. The zero-order chi connectivity index (χ0) is 43.2. The van der Waals surface area contributed by atoms with E-state index in [4.69, 9.17) is 34.7 Å². The Morgan fingerprint density at radius 1 is 1.02 bits per heavy atom. The quantitative estimate of drug-likeness (QED) is 0.116. The number of nitrogens with two attached hydrogens (primary N) is 1. The van der Waals surface area contributed by atoms with Gasteiger partial charge in [0.25, 0.3) is 0 Å². The zero-order valence-corrected chi connectivity index (χ0v) is 33.6. The summed E-state index contributed by atoms with van der Waals surface area (Å²) in [5.41, 5.74) is 3.59. The topological polar surface area (TPSA) is 201 Å². The Morgan fingerprint density at radius 2 is 1.77 bits per heavy atom. The second-order valence-corrected chi connectivity index (χ2v) is 15.4. The van der Waals surface area contributed by atoms with Crippen molar-refractivity contribution in [3.8, 4) is 6.07 Å². The Balaban J connectivity index is 1.21. The molecule has 16 nitrogen and oxygen atoms in total. The van der Waals surface area contributed by atoms with E-state index < -0.39 is 58.9 Å². The highest BCUT2D eigenvalue weighted by atomic mass is 32.2. The second kappa shape index (κ2) is 21.5. The molecular weight excluding hydrogens is 812 g/mol. The smallest absolute Gasteiger partial charge is 0.425 e. The number of esters is 1. The first-order chi connectivity index (χ1) is 28.7. The molecule has 2 aliphatic heterocycles. The zero-order valence-electron chi connectivity index (χ0n) is 32.8. The van der Waals surface area contributed by atoms with Crippen LogP contribution in [-0.4, -0.2) is 118 Å². The predicted octanol–water partition coefficient (Wildman–Crippen LogP) is 4.05. The average molecular weight is 856 g/mol. The Kier molecular flexibility index (Phi) is 16.2. The molecule has 60 heavy (non-hydrogen) atoms. The van der Waals surface area contributed by atoms with Crippen LogP contribution in [0.25, 0.3) is 6.08 Å². The van der Waals surface area contributed by atoms with Crippen LogP contribution >= 0.6 is 11.8 Å². The molecule has 0 radical (unpaired) electrons. The lowest BCUT2D eigenvalue weighted by atomic mass is 9.89. The van der Waals surface area contributed by atoms with Crippen LogP contribution < -0.4 is 5.73 Å². The van der Waals surface area contributed by atoms with Gasteiger partial charge >= 0.3 is 12.1 Å². The highest BCUT2D eigenvalue weighted by Crippen LogP contribution is 2.42. The number of benzene rings is 2. The van der Waals surface area contributed by atoms with Gasteiger partial charge in [0.1, 0.15) is 30.1 Å². The number of carbonyl (C=O) groups is 4. The van der Waals surface area contributed by atoms with Crippen molar-refractivity contribution < 1.29 is 56.0 Å². The van der Waals surface area contributed by atoms with Crippen LogP contribution in [0.3, 0.4) is 0 Å². The van der Waals surface area contributed by atoms with Crippen LogP contribution in [-0.2, 0) is 50.2 Å². The van der Waals surface area contributed by atoms with Gasteiger partial charge in [0.15, 0.2) is 11.9 Å². The first-order valence-electron chi connectivity index (χ1n) is 18.8. The van der Waals surface area contributed by atoms with Gasteiger partial charge in [0, 0.05) is 62.0 Å². The van der Waals surface area contributed by atoms with Crippen molar-refractivity contribution in [2.24, 2.45) is 5.73 Å². The molecule has 5 rings (SSSR count). The van der Waals surface area contributed by atoms with Gasteiger partial charge in [0.05, 0.1) is 49.6 Å². The monoisotopic (exact) mass is 855 g/mol. The first-order valence-corrected chi connectivity index (χ1v) is 19.8. The van der Waals surface area contributed by atoms with E-state index in [2.05, 4.69) is 10.1 Å². The number of hydrogen-bond donors (Lipinski definition) is 1. The number of aromatic nitrogens is 3. The van der Waals surface area contributed by atoms with Crippen molar-refractivity contribution in [2.75, 3.05) is 45.9 Å². The Morgan fingerprint density at radius 3 is 2.42 bits per heavy atom. The molecule has 0 aliphatic carbocycles. The van der Waals surface area contributed by atoms with Crippen LogP contribution in [0.4, 0.5) is 18.0 Å². The van der Waals surface area contributed by atoms with Gasteiger partial charge in [-0.25, -0.2) is 27.6 Å². The third-order valence-corrected chi connectivity index (χ3v) is 10.9. The van der Waals surface area contributed by atoms with E-state index in [1.54, 1.807) is 30.1 Å². The fraction of sp³-hybridized carbons (Fsp3) is 0.425. The fourth-order valence-corrected chi connectivity index (χ4v) is 7.81. The summed E-state index contributed by atoms with van der Waals surface area (Å²) < 4.78 is 73.8. The summed E-state index contributed by atoms with van der Waals surface area (Å²) in [6.45, 7) is 4.63. The van der Waals surface area contributed by atoms with E-state index >= 15 is 4.39 Å². The van der Waals surface area contributed by atoms with Crippen molar-refractivity contribution in [3.63, 3.8) is 0 Å². The van der Waals surface area contributed by atoms with Gasteiger partial charge in [-0.3, -0.25) is 19.3 Å². The maximum atomic E-state index is 15.8. The number of nitrogens with zero attached hydrogens (tertiary/aromatic N) is 6. The van der Waals surface area contributed by atoms with E-state index in [1.165, 1.54) is 54.2 Å². The van der Waals surface area contributed by atoms with Crippen LogP contribution in [0.2, 0.25) is 0 Å². The molecule has 2 saturated heterocycles. The molecule has 0 saturated carbocycles. The summed E-state index contributed by atoms with van der Waals surface area (Å²) >= 11 is 1.23. The van der Waals surface area contributed by atoms with E-state index in [0.717, 1.165) is 18.2 Å². The molecule has 2 aromatic carbocycles. The minimum atomic E-state index is -1.94. The lowest BCUT2D eigenvalue weighted by molar-refractivity contribution is -0.172. The number of allylic oxidation sites excluding steroid dienone is 2. The number of piperazine rings is 1. The largest absolute Gasteiger partial charge is 0.512 e. The van der Waals surface area contributed by atoms with Gasteiger partial charge in [-0.1, -0.05) is 24.3 Å². The van der Waals surface area contributed by atoms with E-state index in [1.807, 2.05) is 11.0 Å². The molecule has 1 unspecified atom stereocenters. The Hall–Kier alpha value is -5.75.